The average Bonchev–Trinajstić information content (AvgIpc) is 0.854. The summed E-state index contributed by atoms with van der Waals surface area (Å²) in [6.45, 7) is 11.6. The second-order valence-corrected chi connectivity index (χ2v) is 31.6. The van der Waals surface area contributed by atoms with Crippen LogP contribution in [0.15, 0.2) is 48.5 Å². The van der Waals surface area contributed by atoms with Crippen molar-refractivity contribution in [2.24, 2.45) is 46.6 Å². The van der Waals surface area contributed by atoms with E-state index in [9.17, 15) is 121 Å². The number of nitrogens with two attached hydrogens (primary N) is 4. The van der Waals surface area contributed by atoms with Gasteiger partial charge in [-0.1, -0.05) is 92.5 Å². The lowest BCUT2D eigenvalue weighted by molar-refractivity contribution is -0.142. The fourth-order valence-electron chi connectivity index (χ4n) is 11.9. The van der Waals surface area contributed by atoms with Gasteiger partial charge in [0, 0.05) is 25.7 Å². The predicted octanol–water partition coefficient (Wildman–Crippen LogP) is -4.75. The molecule has 0 heterocycles. The lowest BCUT2D eigenvalue weighted by Gasteiger charge is -2.29. The molecule has 684 valence electrons. The van der Waals surface area contributed by atoms with E-state index in [-0.39, 0.29) is 68.7 Å². The number of carbonyl (C=O) groups excluding carboxylic acids is 14. The minimum absolute atomic E-state index is 0.0131. The molecule has 0 fully saturated rings. The molecule has 0 saturated heterocycles. The highest BCUT2D eigenvalue weighted by molar-refractivity contribution is 7.46. The fraction of sp³-hybridized carbons (Fsp3) is 0.623. The number of phenols is 1. The van der Waals surface area contributed by atoms with Crippen LogP contribution in [0.2, 0.25) is 0 Å². The molecule has 0 aliphatic rings. The molecule has 0 saturated carbocycles. The Morgan fingerprint density at radius 3 is 1.16 bits per heavy atom. The minimum Gasteiger partial charge on any atom is -0.508 e. The van der Waals surface area contributed by atoms with E-state index >= 15 is 0 Å². The van der Waals surface area contributed by atoms with Crippen molar-refractivity contribution in [2.45, 2.75) is 244 Å². The van der Waals surface area contributed by atoms with Gasteiger partial charge >= 0.3 is 25.7 Å². The summed E-state index contributed by atoms with van der Waals surface area (Å²) in [5.41, 5.74) is 23.5. The van der Waals surface area contributed by atoms with Crippen molar-refractivity contribution in [1.82, 2.24) is 74.4 Å². The zero-order valence-electron chi connectivity index (χ0n) is 70.1. The second kappa shape index (κ2) is 55.1. The third-order valence-electron chi connectivity index (χ3n) is 19.2. The van der Waals surface area contributed by atoms with Gasteiger partial charge in [-0.3, -0.25) is 86.5 Å². The zero-order chi connectivity index (χ0) is 92.3. The van der Waals surface area contributed by atoms with Gasteiger partial charge < -0.3 is 127 Å². The van der Waals surface area contributed by atoms with Crippen LogP contribution in [0.3, 0.4) is 0 Å². The van der Waals surface area contributed by atoms with Crippen LogP contribution in [0.5, 0.6) is 11.5 Å². The van der Waals surface area contributed by atoms with Gasteiger partial charge in [0.25, 0.3) is 0 Å². The first-order valence-electron chi connectivity index (χ1n) is 40.2. The van der Waals surface area contributed by atoms with Gasteiger partial charge in [0.15, 0.2) is 0 Å². The number of aliphatic hydroxyl groups is 1. The predicted molar refractivity (Wildman–Crippen MR) is 439 cm³/mol. The van der Waals surface area contributed by atoms with E-state index in [4.69, 9.17) is 22.9 Å². The van der Waals surface area contributed by atoms with E-state index in [0.29, 0.717) is 44.2 Å². The number of aliphatic hydroxyl groups excluding tert-OH is 1. The third kappa shape index (κ3) is 41.0. The second-order valence-electron chi connectivity index (χ2n) is 30.5. The molecule has 0 aliphatic carbocycles. The molecule has 0 aliphatic heterocycles. The largest absolute Gasteiger partial charge is 0.524 e. The van der Waals surface area contributed by atoms with Crippen LogP contribution < -0.4 is 102 Å². The van der Waals surface area contributed by atoms with Gasteiger partial charge in [0.1, 0.15) is 78.0 Å². The Morgan fingerprint density at radius 2 is 0.721 bits per heavy atom. The molecule has 0 unspecified atom stereocenters. The molecule has 14 amide bonds. The van der Waals surface area contributed by atoms with E-state index < -0.39 is 262 Å². The Hall–Kier alpha value is -11.0. The number of benzene rings is 2. The Morgan fingerprint density at radius 1 is 0.385 bits per heavy atom. The first-order chi connectivity index (χ1) is 57.3. The molecule has 2 aromatic rings. The quantitative estimate of drug-likeness (QED) is 0.0218. The molecular weight excluding hydrogens is 1620 g/mol. The summed E-state index contributed by atoms with van der Waals surface area (Å²) in [5, 5.41) is 83.8. The van der Waals surface area contributed by atoms with E-state index in [2.05, 4.69) is 79.0 Å². The molecule has 0 bridgehead atoms. The van der Waals surface area contributed by atoms with E-state index in [1.807, 2.05) is 0 Å². The number of unbranched alkanes of at least 4 members (excludes halogenated alkanes) is 3. The van der Waals surface area contributed by atoms with Gasteiger partial charge in [-0.05, 0) is 150 Å². The number of amides is 14. The van der Waals surface area contributed by atoms with Crippen molar-refractivity contribution < 1.29 is 126 Å². The number of rotatable bonds is 59. The highest BCUT2D eigenvalue weighted by Crippen LogP contribution is 2.37. The smallest absolute Gasteiger partial charge is 0.508 e. The Labute approximate surface area is 706 Å². The summed E-state index contributed by atoms with van der Waals surface area (Å²) in [6.07, 6.45) is -2.02. The van der Waals surface area contributed by atoms with Crippen LogP contribution in [0.4, 0.5) is 0 Å². The lowest BCUT2D eigenvalue weighted by Crippen LogP contribution is -2.60. The number of phosphoric acid groups is 1. The first-order valence-corrected chi connectivity index (χ1v) is 41.8. The van der Waals surface area contributed by atoms with Gasteiger partial charge in [0.2, 0.25) is 82.7 Å². The average molecular weight is 1750 g/mol. The number of hydrogen-bond acceptors (Lipinski definition) is 25. The van der Waals surface area contributed by atoms with Crippen molar-refractivity contribution in [1.29, 1.82) is 0 Å². The molecule has 14 atom stereocenters. The maximum atomic E-state index is 14.2. The van der Waals surface area contributed by atoms with Gasteiger partial charge in [-0.2, -0.15) is 0 Å². The fourth-order valence-corrected chi connectivity index (χ4v) is 12.3. The molecule has 45 heteroatoms. The molecule has 44 nitrogen and oxygen atoms in total. The summed E-state index contributed by atoms with van der Waals surface area (Å²) in [6, 6.07) is -7.47. The number of carboxylic acid groups (broad SMARTS) is 3. The van der Waals surface area contributed by atoms with Crippen molar-refractivity contribution >= 4 is 108 Å². The number of nitrogens with one attached hydrogen (secondary N) is 14. The number of aromatic hydroxyl groups is 1. The van der Waals surface area contributed by atoms with E-state index in [0.717, 1.165) is 19.1 Å². The van der Waals surface area contributed by atoms with E-state index in [1.165, 1.54) is 50.2 Å². The summed E-state index contributed by atoms with van der Waals surface area (Å²) in [4.78, 5) is 249. The lowest BCUT2D eigenvalue weighted by atomic mass is 9.97. The Balaban J connectivity index is 2.36. The number of hydrogen-bond donors (Lipinski definition) is 25. The van der Waals surface area contributed by atoms with Crippen LogP contribution in [0.25, 0.3) is 0 Å². The number of carbonyl (C=O) groups is 17. The van der Waals surface area contributed by atoms with Crippen LogP contribution in [0.1, 0.15) is 163 Å². The summed E-state index contributed by atoms with van der Waals surface area (Å²) in [7, 11) is -5.07. The van der Waals surface area contributed by atoms with Crippen molar-refractivity contribution in [3.05, 3.63) is 59.7 Å². The summed E-state index contributed by atoms with van der Waals surface area (Å²) >= 11 is 0. The molecule has 0 radical (unpaired) electrons. The van der Waals surface area contributed by atoms with Gasteiger partial charge in [0.05, 0.1) is 31.8 Å². The highest BCUT2D eigenvalue weighted by Gasteiger charge is 2.39. The Bertz CT molecular complexity index is 3870. The summed E-state index contributed by atoms with van der Waals surface area (Å²) in [5.74, 6) is -21.2. The molecule has 29 N–H and O–H groups in total. The molecule has 122 heavy (non-hydrogen) atoms. The number of phenolic OH excluding ortho intramolecular Hbond substituents is 1. The normalized spacial score (nSPS) is 14.8. The number of carboxylic acids is 3. The first kappa shape index (κ1) is 107. The highest BCUT2D eigenvalue weighted by atomic mass is 31.2. The summed E-state index contributed by atoms with van der Waals surface area (Å²) < 4.78 is 16.2. The standard InChI is InChI=1S/C77H125N18O26P/c1-10-43(8)64(95-70(109)50(18-12-15-33-79)86-69(108)52(29-31-60(103)104)87-73(112)62(41(4)5)93-66(105)49(81)17-11-14-32-78)72(111)84-37-56(98)85-51(28-30-59(101)102)67(106)82-39-58(100)92-65(44(9)96)76(115)89-54(35-46-22-26-48(27-23-46)121-122(118,119)120)68(107)83-38-57(99)91-61(40(2)3)75(114)94-63(42(6)7)74(113)90-55(36-45-20-24-47(97)25-21-45)71(110)88-53(77(116)117)19-13-16-34-80/h20-27,40-44,49-55,61-65,96-97H,10-19,28-39,78-81H2,1-9H3,(H,82,106)(H,83,107)(H,84,111)(H,85,98)(H,86,108)(H,87,112)(H,88,110)(H,89,115)(H,90,113)(H,91,99)(H,92,100)(H,93,105)(H,94,114)(H,95,109)(H,101,102)(H,103,104)(H,116,117)(H2,118,119,120)/t43-,44+,49-,50-,51-,52-,53-,54-,55-,61-,62-,63-,64-,65-/m0/s1. The van der Waals surface area contributed by atoms with Crippen LogP contribution in [-0.4, -0.2) is 254 Å². The monoisotopic (exact) mass is 1750 g/mol. The molecule has 2 aromatic carbocycles. The van der Waals surface area contributed by atoms with Crippen LogP contribution in [-0.2, 0) is 98.9 Å². The van der Waals surface area contributed by atoms with Gasteiger partial charge in [-0.25, -0.2) is 9.36 Å². The van der Waals surface area contributed by atoms with Crippen LogP contribution >= 0.6 is 7.82 Å². The zero-order valence-corrected chi connectivity index (χ0v) is 71.0. The third-order valence-corrected chi connectivity index (χ3v) is 19.6. The van der Waals surface area contributed by atoms with Crippen molar-refractivity contribution in [3.8, 4) is 11.5 Å². The van der Waals surface area contributed by atoms with Crippen molar-refractivity contribution in [2.75, 3.05) is 39.3 Å². The SMILES string of the molecule is CC[C@H](C)[C@H](NC(=O)[C@H](CCCCN)NC(=O)[C@H](CCC(=O)O)NC(=O)[C@@H](NC(=O)[C@@H](N)CCCCN)C(C)C)C(=O)NCC(=O)N[C@@H](CCC(=O)O)C(=O)NCC(=O)N[C@H](C(=O)N[C@@H](Cc1ccc(OP(=O)(O)O)cc1)C(=O)NCC(=O)N[C@H](C(=O)N[C@H](C(=O)N[C@@H](Cc1ccc(O)cc1)C(=O)N[C@@H](CCCCN)C(=O)O)C(C)C)C(C)C)[C@@H](C)O. The maximum absolute atomic E-state index is 14.2. The number of aliphatic carboxylic acids is 3. The molecular formula is C77H125N18O26P. The topological polar surface area (TPSA) is 731 Å². The van der Waals surface area contributed by atoms with Gasteiger partial charge in [-0.15, -0.1) is 0 Å². The minimum atomic E-state index is -5.07. The maximum Gasteiger partial charge on any atom is 0.524 e. The van der Waals surface area contributed by atoms with Crippen molar-refractivity contribution in [3.63, 3.8) is 0 Å². The molecule has 0 aromatic heterocycles. The molecule has 0 spiro atoms. The van der Waals surface area contributed by atoms with Crippen LogP contribution in [0, 0.1) is 23.7 Å². The Kier molecular flexibility index (Phi) is 48.3. The molecule has 2 rings (SSSR count). The number of phosphoric ester groups is 1. The van der Waals surface area contributed by atoms with E-state index in [1.54, 1.807) is 41.5 Å².